The summed E-state index contributed by atoms with van der Waals surface area (Å²) in [5.74, 6) is 1.02. The van der Waals surface area contributed by atoms with Crippen molar-refractivity contribution in [2.75, 3.05) is 13.2 Å². The molecular formula is C42H62N2O4. The number of fused-ring (bicyclic) bond motifs is 2. The maximum atomic E-state index is 9.51. The Morgan fingerprint density at radius 3 is 1.42 bits per heavy atom. The molecule has 2 saturated carbocycles. The number of benzene rings is 2. The van der Waals surface area contributed by atoms with Gasteiger partial charge in [-0.2, -0.15) is 0 Å². The number of aliphatic hydroxyl groups excluding tert-OH is 2. The van der Waals surface area contributed by atoms with Gasteiger partial charge in [0.1, 0.15) is 0 Å². The monoisotopic (exact) mass is 658 g/mol. The summed E-state index contributed by atoms with van der Waals surface area (Å²) in [6.07, 6.45) is 20.9. The van der Waals surface area contributed by atoms with Gasteiger partial charge in [-0.05, 0) is 162 Å². The Morgan fingerprint density at radius 2 is 1.04 bits per heavy atom. The lowest BCUT2D eigenvalue weighted by molar-refractivity contribution is -0.128. The fraction of sp³-hybridized carbons (Fsp3) is 0.714. The first-order chi connectivity index (χ1) is 23.0. The Hall–Kier alpha value is -1.80. The first-order valence-corrected chi connectivity index (χ1v) is 19.4. The smallest absolute Gasteiger partial charge is 0.0729 e. The van der Waals surface area contributed by atoms with Gasteiger partial charge in [0.15, 0.2) is 0 Å². The zero-order chi connectivity index (χ0) is 33.6. The molecule has 6 nitrogen and oxygen atoms in total. The van der Waals surface area contributed by atoms with E-state index < -0.39 is 0 Å². The van der Waals surface area contributed by atoms with Crippen molar-refractivity contribution in [2.45, 2.75) is 176 Å². The molecule has 2 spiro atoms. The normalized spacial score (nSPS) is 39.1. The molecule has 0 amide bonds. The SMILES string of the molecule is CC1CCCC2(CCc3cc(C4CCC(N)(CO)C4)ccc3C2)O1.CC1CCCC2(CCc3cc([C@H]4CC[C@](N)(CO)C4)ccc3C2)O1. The molecule has 2 aromatic carbocycles. The lowest BCUT2D eigenvalue weighted by Crippen LogP contribution is -2.44. The highest BCUT2D eigenvalue weighted by molar-refractivity contribution is 5.39. The predicted octanol–water partition coefficient (Wildman–Crippen LogP) is 6.92. The van der Waals surface area contributed by atoms with Crippen LogP contribution in [0.3, 0.4) is 0 Å². The summed E-state index contributed by atoms with van der Waals surface area (Å²) in [5, 5.41) is 19.0. The minimum atomic E-state index is -0.364. The third kappa shape index (κ3) is 7.31. The summed E-state index contributed by atoms with van der Waals surface area (Å²) in [7, 11) is 0. The van der Waals surface area contributed by atoms with Gasteiger partial charge in [-0.3, -0.25) is 0 Å². The summed E-state index contributed by atoms with van der Waals surface area (Å²) in [5.41, 5.74) is 20.8. The molecule has 2 aliphatic heterocycles. The number of hydrogen-bond acceptors (Lipinski definition) is 6. The molecule has 6 heteroatoms. The van der Waals surface area contributed by atoms with Gasteiger partial charge in [0.05, 0.1) is 36.6 Å². The van der Waals surface area contributed by atoms with Gasteiger partial charge < -0.3 is 31.2 Å². The van der Waals surface area contributed by atoms with Crippen molar-refractivity contribution in [1.29, 1.82) is 0 Å². The molecular weight excluding hydrogens is 596 g/mol. The quantitative estimate of drug-likeness (QED) is 0.284. The predicted molar refractivity (Wildman–Crippen MR) is 192 cm³/mol. The van der Waals surface area contributed by atoms with Crippen molar-refractivity contribution in [2.24, 2.45) is 11.5 Å². The van der Waals surface area contributed by atoms with E-state index in [-0.39, 0.29) is 35.5 Å². The topological polar surface area (TPSA) is 111 Å². The number of hydrogen-bond donors (Lipinski definition) is 4. The van der Waals surface area contributed by atoms with Crippen molar-refractivity contribution >= 4 is 0 Å². The minimum absolute atomic E-state index is 0.100. The molecule has 2 aromatic rings. The standard InChI is InChI=1S/2C21H31NO2/c2*1-15-3-2-8-21(24-15)10-7-17-11-16(4-5-18(17)13-21)19-6-9-20(22,12-19)14-23/h2*4-5,11,15,19,23H,2-3,6-10,12-14,22H2,1H3/t15?,19-,20+,21?;/m0./s1. The van der Waals surface area contributed by atoms with Crippen LogP contribution in [0.15, 0.2) is 36.4 Å². The second kappa shape index (κ2) is 13.7. The van der Waals surface area contributed by atoms with Crippen LogP contribution in [0.25, 0.3) is 0 Å². The van der Waals surface area contributed by atoms with Crippen LogP contribution in [0.4, 0.5) is 0 Å². The molecule has 8 rings (SSSR count). The summed E-state index contributed by atoms with van der Waals surface area (Å²) in [6, 6.07) is 14.1. The zero-order valence-electron chi connectivity index (χ0n) is 29.8. The molecule has 48 heavy (non-hydrogen) atoms. The molecule has 8 atom stereocenters. The van der Waals surface area contributed by atoms with Crippen LogP contribution in [-0.4, -0.2) is 57.9 Å². The van der Waals surface area contributed by atoms with E-state index >= 15 is 0 Å². The van der Waals surface area contributed by atoms with Crippen LogP contribution < -0.4 is 11.5 Å². The Balaban J connectivity index is 0.000000152. The van der Waals surface area contributed by atoms with Crippen molar-refractivity contribution in [3.63, 3.8) is 0 Å². The molecule has 0 aromatic heterocycles. The second-order valence-corrected chi connectivity index (χ2v) is 17.3. The van der Waals surface area contributed by atoms with Gasteiger partial charge in [-0.1, -0.05) is 36.4 Å². The molecule has 4 fully saturated rings. The van der Waals surface area contributed by atoms with E-state index in [1.54, 1.807) is 0 Å². The summed E-state index contributed by atoms with van der Waals surface area (Å²) in [4.78, 5) is 0. The van der Waals surface area contributed by atoms with E-state index in [0.29, 0.717) is 24.0 Å². The Labute approximate surface area is 289 Å². The van der Waals surface area contributed by atoms with Crippen LogP contribution in [0.5, 0.6) is 0 Å². The first-order valence-electron chi connectivity index (χ1n) is 19.4. The Bertz CT molecular complexity index is 1340. The summed E-state index contributed by atoms with van der Waals surface area (Å²) in [6.45, 7) is 4.65. The van der Waals surface area contributed by atoms with Crippen LogP contribution >= 0.6 is 0 Å². The minimum Gasteiger partial charge on any atom is -0.394 e. The van der Waals surface area contributed by atoms with Crippen molar-refractivity contribution in [3.8, 4) is 0 Å². The molecule has 2 heterocycles. The number of aliphatic hydroxyl groups is 2. The summed E-state index contributed by atoms with van der Waals surface area (Å²) >= 11 is 0. The third-order valence-electron chi connectivity index (χ3n) is 13.4. The van der Waals surface area contributed by atoms with Gasteiger partial charge in [-0.25, -0.2) is 0 Å². The fourth-order valence-electron chi connectivity index (χ4n) is 10.5. The lowest BCUT2D eigenvalue weighted by Gasteiger charge is -2.43. The molecule has 264 valence electrons. The first kappa shape index (κ1) is 34.6. The summed E-state index contributed by atoms with van der Waals surface area (Å²) < 4.78 is 12.8. The van der Waals surface area contributed by atoms with Crippen molar-refractivity contribution in [3.05, 3.63) is 69.8 Å². The molecule has 0 radical (unpaired) electrons. The average Bonchev–Trinajstić information content (AvgIpc) is 3.68. The van der Waals surface area contributed by atoms with Gasteiger partial charge in [-0.15, -0.1) is 0 Å². The number of ether oxygens (including phenoxy) is 2. The largest absolute Gasteiger partial charge is 0.394 e. The lowest BCUT2D eigenvalue weighted by atomic mass is 9.75. The van der Waals surface area contributed by atoms with E-state index in [0.717, 1.165) is 77.0 Å². The fourth-order valence-corrected chi connectivity index (χ4v) is 10.5. The number of aryl methyl sites for hydroxylation is 2. The van der Waals surface area contributed by atoms with Crippen LogP contribution in [0, 0.1) is 0 Å². The van der Waals surface area contributed by atoms with Crippen molar-refractivity contribution in [1.82, 2.24) is 0 Å². The van der Waals surface area contributed by atoms with Crippen LogP contribution in [-0.2, 0) is 35.2 Å². The highest BCUT2D eigenvalue weighted by Gasteiger charge is 2.42. The van der Waals surface area contributed by atoms with Crippen LogP contribution in [0.1, 0.15) is 149 Å². The van der Waals surface area contributed by atoms with Gasteiger partial charge in [0.25, 0.3) is 0 Å². The van der Waals surface area contributed by atoms with E-state index in [2.05, 4.69) is 50.2 Å². The molecule has 6 N–H and O–H groups in total. The number of nitrogens with two attached hydrogens (primary N) is 2. The molecule has 6 unspecified atom stereocenters. The number of rotatable bonds is 4. The van der Waals surface area contributed by atoms with Crippen LogP contribution in [0.2, 0.25) is 0 Å². The van der Waals surface area contributed by atoms with E-state index in [1.807, 2.05) is 0 Å². The second-order valence-electron chi connectivity index (χ2n) is 17.3. The molecule has 6 aliphatic rings. The van der Waals surface area contributed by atoms with Gasteiger partial charge in [0.2, 0.25) is 0 Å². The maximum Gasteiger partial charge on any atom is 0.0729 e. The van der Waals surface area contributed by atoms with E-state index in [9.17, 15) is 10.2 Å². The van der Waals surface area contributed by atoms with Crippen molar-refractivity contribution < 1.29 is 19.7 Å². The Morgan fingerprint density at radius 1 is 0.604 bits per heavy atom. The highest BCUT2D eigenvalue weighted by Crippen LogP contribution is 2.45. The van der Waals surface area contributed by atoms with Gasteiger partial charge in [0, 0.05) is 23.9 Å². The zero-order valence-corrected chi connectivity index (χ0v) is 29.8. The Kier molecular flexibility index (Phi) is 9.91. The van der Waals surface area contributed by atoms with E-state index in [1.165, 1.54) is 71.9 Å². The maximum absolute atomic E-state index is 9.51. The molecule has 2 saturated heterocycles. The molecule has 4 aliphatic carbocycles. The highest BCUT2D eigenvalue weighted by atomic mass is 16.5. The molecule has 0 bridgehead atoms. The van der Waals surface area contributed by atoms with Gasteiger partial charge >= 0.3 is 0 Å². The third-order valence-corrected chi connectivity index (χ3v) is 13.4. The average molecular weight is 659 g/mol. The van der Waals surface area contributed by atoms with E-state index in [4.69, 9.17) is 20.9 Å².